The van der Waals surface area contributed by atoms with E-state index in [1.54, 1.807) is 7.11 Å². The highest BCUT2D eigenvalue weighted by molar-refractivity contribution is 5.46. The number of ether oxygens (including phenoxy) is 1. The van der Waals surface area contributed by atoms with E-state index in [9.17, 15) is 0 Å². The molecular weight excluding hydrogens is 276 g/mol. The van der Waals surface area contributed by atoms with Crippen LogP contribution in [0.1, 0.15) is 47.0 Å². The molecule has 0 spiro atoms. The lowest BCUT2D eigenvalue weighted by molar-refractivity contribution is -0.0340. The van der Waals surface area contributed by atoms with Crippen LogP contribution in [-0.2, 0) is 4.84 Å². The van der Waals surface area contributed by atoms with Crippen LogP contribution in [0.15, 0.2) is 24.3 Å². The van der Waals surface area contributed by atoms with Crippen molar-refractivity contribution < 1.29 is 9.57 Å². The third kappa shape index (κ3) is 4.14. The predicted octanol–water partition coefficient (Wildman–Crippen LogP) is 4.08. The van der Waals surface area contributed by atoms with Gasteiger partial charge in [-0.2, -0.15) is 0 Å². The van der Waals surface area contributed by atoms with Gasteiger partial charge in [0, 0.05) is 23.7 Å². The SMILES string of the molecule is CONc1cccc(OCCN2C(C)(C)CCCC2(C)C)c1. The molecule has 0 unspecified atom stereocenters. The van der Waals surface area contributed by atoms with E-state index >= 15 is 0 Å². The lowest BCUT2D eigenvalue weighted by Gasteiger charge is -2.53. The number of piperidine rings is 1. The monoisotopic (exact) mass is 306 g/mol. The Morgan fingerprint density at radius 2 is 1.82 bits per heavy atom. The molecule has 4 nitrogen and oxygen atoms in total. The van der Waals surface area contributed by atoms with E-state index in [1.807, 2.05) is 24.3 Å². The van der Waals surface area contributed by atoms with E-state index < -0.39 is 0 Å². The molecule has 1 N–H and O–H groups in total. The molecule has 1 aliphatic rings. The number of benzene rings is 1. The minimum Gasteiger partial charge on any atom is -0.492 e. The Balaban J connectivity index is 1.93. The van der Waals surface area contributed by atoms with Gasteiger partial charge in [-0.25, -0.2) is 0 Å². The number of anilines is 1. The third-order valence-electron chi connectivity index (χ3n) is 4.68. The van der Waals surface area contributed by atoms with E-state index in [2.05, 4.69) is 38.1 Å². The van der Waals surface area contributed by atoms with Gasteiger partial charge in [-0.15, -0.1) is 0 Å². The molecule has 4 heteroatoms. The number of rotatable bonds is 6. The lowest BCUT2D eigenvalue weighted by atomic mass is 9.80. The molecule has 1 fully saturated rings. The first kappa shape index (κ1) is 17.1. The zero-order valence-corrected chi connectivity index (χ0v) is 14.6. The highest BCUT2D eigenvalue weighted by atomic mass is 16.6. The van der Waals surface area contributed by atoms with E-state index in [4.69, 9.17) is 9.57 Å². The molecule has 0 amide bonds. The van der Waals surface area contributed by atoms with Crippen LogP contribution in [0.3, 0.4) is 0 Å². The summed E-state index contributed by atoms with van der Waals surface area (Å²) in [5, 5.41) is 0. The van der Waals surface area contributed by atoms with Crippen LogP contribution in [0.2, 0.25) is 0 Å². The highest BCUT2D eigenvalue weighted by Gasteiger charge is 2.40. The van der Waals surface area contributed by atoms with Crippen molar-refractivity contribution in [3.63, 3.8) is 0 Å². The number of hydrogen-bond donors (Lipinski definition) is 1. The van der Waals surface area contributed by atoms with Crippen LogP contribution in [0.5, 0.6) is 5.75 Å². The molecule has 1 aromatic rings. The number of likely N-dealkylation sites (tertiary alicyclic amines) is 1. The smallest absolute Gasteiger partial charge is 0.121 e. The van der Waals surface area contributed by atoms with Gasteiger partial charge in [0.25, 0.3) is 0 Å². The second kappa shape index (κ2) is 6.88. The first-order valence-electron chi connectivity index (χ1n) is 8.15. The molecular formula is C18H30N2O2. The maximum Gasteiger partial charge on any atom is 0.121 e. The largest absolute Gasteiger partial charge is 0.492 e. The zero-order valence-electron chi connectivity index (χ0n) is 14.6. The first-order valence-corrected chi connectivity index (χ1v) is 8.15. The maximum absolute atomic E-state index is 5.95. The van der Waals surface area contributed by atoms with Crippen molar-refractivity contribution in [1.29, 1.82) is 0 Å². The first-order chi connectivity index (χ1) is 10.3. The molecule has 1 saturated heterocycles. The molecule has 22 heavy (non-hydrogen) atoms. The fraction of sp³-hybridized carbons (Fsp3) is 0.667. The summed E-state index contributed by atoms with van der Waals surface area (Å²) in [5.74, 6) is 0.870. The number of nitrogens with one attached hydrogen (secondary N) is 1. The van der Waals surface area contributed by atoms with Gasteiger partial charge in [0.1, 0.15) is 12.4 Å². The standard InChI is InChI=1S/C18H30N2O2/c1-17(2)10-7-11-18(3,4)20(17)12-13-22-16-9-6-8-15(14-16)19-21-5/h6,8-9,14,19H,7,10-13H2,1-5H3. The van der Waals surface area contributed by atoms with Gasteiger partial charge < -0.3 is 4.74 Å². The Hall–Kier alpha value is -1.26. The normalized spacial score (nSPS) is 20.6. The average Bonchev–Trinajstić information content (AvgIpc) is 2.42. The second-order valence-corrected chi connectivity index (χ2v) is 7.31. The summed E-state index contributed by atoms with van der Waals surface area (Å²) < 4.78 is 5.95. The minimum atomic E-state index is 0.241. The van der Waals surface area contributed by atoms with Crippen LogP contribution in [0.4, 0.5) is 5.69 Å². The van der Waals surface area contributed by atoms with E-state index in [1.165, 1.54) is 19.3 Å². The molecule has 1 aliphatic heterocycles. The van der Waals surface area contributed by atoms with Gasteiger partial charge in [-0.05, 0) is 59.1 Å². The van der Waals surface area contributed by atoms with Crippen molar-refractivity contribution in [2.75, 3.05) is 25.7 Å². The Kier molecular flexibility index (Phi) is 5.35. The summed E-state index contributed by atoms with van der Waals surface area (Å²) in [4.78, 5) is 7.52. The van der Waals surface area contributed by atoms with Crippen LogP contribution < -0.4 is 10.2 Å². The molecule has 2 rings (SSSR count). The van der Waals surface area contributed by atoms with Crippen LogP contribution in [0, 0.1) is 0 Å². The lowest BCUT2D eigenvalue weighted by Crippen LogP contribution is -2.59. The van der Waals surface area contributed by atoms with Crippen molar-refractivity contribution >= 4 is 5.69 Å². The molecule has 0 aromatic heterocycles. The fourth-order valence-electron chi connectivity index (χ4n) is 3.67. The highest BCUT2D eigenvalue weighted by Crippen LogP contribution is 2.37. The van der Waals surface area contributed by atoms with Gasteiger partial charge >= 0.3 is 0 Å². The van der Waals surface area contributed by atoms with Gasteiger partial charge in [-0.3, -0.25) is 15.2 Å². The molecule has 0 aliphatic carbocycles. The summed E-state index contributed by atoms with van der Waals surface area (Å²) in [7, 11) is 1.61. The maximum atomic E-state index is 5.95. The van der Waals surface area contributed by atoms with Crippen molar-refractivity contribution in [2.45, 2.75) is 58.0 Å². The zero-order chi connectivity index (χ0) is 16.2. The van der Waals surface area contributed by atoms with E-state index in [0.717, 1.165) is 18.0 Å². The Morgan fingerprint density at radius 1 is 1.14 bits per heavy atom. The fourth-order valence-corrected chi connectivity index (χ4v) is 3.67. The molecule has 1 aromatic carbocycles. The quantitative estimate of drug-likeness (QED) is 0.803. The molecule has 1 heterocycles. The van der Waals surface area contributed by atoms with Gasteiger partial charge in [0.05, 0.1) is 12.8 Å². The molecule has 0 saturated carbocycles. The molecule has 0 radical (unpaired) electrons. The van der Waals surface area contributed by atoms with Crippen LogP contribution in [0.25, 0.3) is 0 Å². The summed E-state index contributed by atoms with van der Waals surface area (Å²) in [5.41, 5.74) is 4.21. The Bertz CT molecular complexity index is 470. The number of nitrogens with zero attached hydrogens (tertiary/aromatic N) is 1. The molecule has 0 bridgehead atoms. The van der Waals surface area contributed by atoms with Crippen molar-refractivity contribution in [3.05, 3.63) is 24.3 Å². The number of hydrogen-bond acceptors (Lipinski definition) is 4. The van der Waals surface area contributed by atoms with E-state index in [-0.39, 0.29) is 11.1 Å². The van der Waals surface area contributed by atoms with Crippen LogP contribution in [-0.4, -0.2) is 36.2 Å². The van der Waals surface area contributed by atoms with Crippen LogP contribution >= 0.6 is 0 Å². The van der Waals surface area contributed by atoms with Gasteiger partial charge in [0.15, 0.2) is 0 Å². The minimum absolute atomic E-state index is 0.241. The van der Waals surface area contributed by atoms with Crippen molar-refractivity contribution in [2.24, 2.45) is 0 Å². The molecule has 124 valence electrons. The topological polar surface area (TPSA) is 33.7 Å². The third-order valence-corrected chi connectivity index (χ3v) is 4.68. The second-order valence-electron chi connectivity index (χ2n) is 7.31. The summed E-state index contributed by atoms with van der Waals surface area (Å²) in [6, 6.07) is 7.85. The van der Waals surface area contributed by atoms with Gasteiger partial charge in [-0.1, -0.05) is 6.07 Å². The average molecular weight is 306 g/mol. The summed E-state index contributed by atoms with van der Waals surface area (Å²) >= 11 is 0. The van der Waals surface area contributed by atoms with Gasteiger partial charge in [0.2, 0.25) is 0 Å². The summed E-state index contributed by atoms with van der Waals surface area (Å²) in [6.45, 7) is 11.0. The van der Waals surface area contributed by atoms with Crippen molar-refractivity contribution in [3.8, 4) is 5.75 Å². The Labute approximate surface area is 134 Å². The van der Waals surface area contributed by atoms with Crippen molar-refractivity contribution in [1.82, 2.24) is 4.90 Å². The molecule has 0 atom stereocenters. The summed E-state index contributed by atoms with van der Waals surface area (Å²) in [6.07, 6.45) is 3.81. The Morgan fingerprint density at radius 3 is 2.45 bits per heavy atom. The predicted molar refractivity (Wildman–Crippen MR) is 91.3 cm³/mol. The van der Waals surface area contributed by atoms with E-state index in [0.29, 0.717) is 6.61 Å².